The van der Waals surface area contributed by atoms with Gasteiger partial charge in [-0.3, -0.25) is 4.79 Å². The van der Waals surface area contributed by atoms with Crippen LogP contribution < -0.4 is 16.4 Å². The van der Waals surface area contributed by atoms with Crippen molar-refractivity contribution in [1.29, 1.82) is 0 Å². The molecule has 0 unspecified atom stereocenters. The van der Waals surface area contributed by atoms with Crippen molar-refractivity contribution in [3.63, 3.8) is 0 Å². The molecule has 0 bridgehead atoms. The summed E-state index contributed by atoms with van der Waals surface area (Å²) in [6.45, 7) is 0. The number of nitrogens with two attached hydrogens (primary N) is 1. The first-order valence-corrected chi connectivity index (χ1v) is 7.84. The van der Waals surface area contributed by atoms with Gasteiger partial charge in [0.25, 0.3) is 5.91 Å². The Bertz CT molecular complexity index is 463. The summed E-state index contributed by atoms with van der Waals surface area (Å²) in [5, 5.41) is 7.28. The van der Waals surface area contributed by atoms with Gasteiger partial charge in [0, 0.05) is 12.1 Å². The van der Waals surface area contributed by atoms with E-state index < -0.39 is 0 Å². The number of aromatic nitrogens is 1. The molecule has 0 aromatic carbocycles. The highest BCUT2D eigenvalue weighted by atomic mass is 32.1. The first kappa shape index (κ1) is 12.7. The van der Waals surface area contributed by atoms with Gasteiger partial charge >= 0.3 is 0 Å². The number of anilines is 2. The van der Waals surface area contributed by atoms with E-state index in [0.717, 1.165) is 17.8 Å². The summed E-state index contributed by atoms with van der Waals surface area (Å²) >= 11 is 1.30. The van der Waals surface area contributed by atoms with Crippen LogP contribution in [0.3, 0.4) is 0 Å². The molecule has 1 heterocycles. The molecule has 2 fully saturated rings. The Kier molecular flexibility index (Phi) is 3.59. The fourth-order valence-corrected chi connectivity index (χ4v) is 3.33. The number of amides is 1. The maximum atomic E-state index is 12.2. The molecule has 0 atom stereocenters. The highest BCUT2D eigenvalue weighted by molar-refractivity contribution is 7.11. The minimum atomic E-state index is -0.0768. The number of carbonyl (C=O) groups excluding carboxylic acids is 1. The van der Waals surface area contributed by atoms with E-state index in [-0.39, 0.29) is 5.91 Å². The van der Waals surface area contributed by atoms with Crippen molar-refractivity contribution in [1.82, 2.24) is 9.69 Å². The van der Waals surface area contributed by atoms with Crippen molar-refractivity contribution in [3.05, 3.63) is 5.56 Å². The molecule has 2 aliphatic carbocycles. The van der Waals surface area contributed by atoms with Crippen LogP contribution >= 0.6 is 11.5 Å². The summed E-state index contributed by atoms with van der Waals surface area (Å²) in [6, 6.07) is 0.801. The second kappa shape index (κ2) is 5.36. The summed E-state index contributed by atoms with van der Waals surface area (Å²) in [5.74, 6) is 0.272. The smallest absolute Gasteiger partial charge is 0.258 e. The van der Waals surface area contributed by atoms with Gasteiger partial charge in [0.1, 0.15) is 10.6 Å². The van der Waals surface area contributed by atoms with Crippen LogP contribution in [0, 0.1) is 0 Å². The van der Waals surface area contributed by atoms with Crippen molar-refractivity contribution < 1.29 is 4.79 Å². The second-order valence-electron chi connectivity index (χ2n) is 5.50. The van der Waals surface area contributed by atoms with Gasteiger partial charge in [-0.1, -0.05) is 19.3 Å². The maximum absolute atomic E-state index is 12.2. The number of hydrogen-bond acceptors (Lipinski definition) is 5. The van der Waals surface area contributed by atoms with Crippen molar-refractivity contribution in [2.24, 2.45) is 0 Å². The zero-order chi connectivity index (χ0) is 13.2. The third kappa shape index (κ3) is 3.00. The Morgan fingerprint density at radius 1 is 1.16 bits per heavy atom. The van der Waals surface area contributed by atoms with Crippen LogP contribution in [0.5, 0.6) is 0 Å². The lowest BCUT2D eigenvalue weighted by atomic mass is 9.95. The van der Waals surface area contributed by atoms with Crippen LogP contribution in [0.2, 0.25) is 0 Å². The summed E-state index contributed by atoms with van der Waals surface area (Å²) in [6.07, 6.45) is 8.33. The molecule has 104 valence electrons. The van der Waals surface area contributed by atoms with Crippen LogP contribution in [0.15, 0.2) is 0 Å². The molecule has 1 amide bonds. The van der Waals surface area contributed by atoms with Gasteiger partial charge in [-0.25, -0.2) is 0 Å². The van der Waals surface area contributed by atoms with Crippen molar-refractivity contribution in [2.45, 2.75) is 57.0 Å². The van der Waals surface area contributed by atoms with Crippen LogP contribution in [-0.4, -0.2) is 22.4 Å². The minimum absolute atomic E-state index is 0.0768. The molecule has 6 heteroatoms. The maximum Gasteiger partial charge on any atom is 0.258 e. The summed E-state index contributed by atoms with van der Waals surface area (Å²) in [5.41, 5.74) is 6.39. The molecule has 3 rings (SSSR count). The third-order valence-electron chi connectivity index (χ3n) is 3.80. The van der Waals surface area contributed by atoms with E-state index >= 15 is 0 Å². The topological polar surface area (TPSA) is 80.0 Å². The van der Waals surface area contributed by atoms with E-state index in [4.69, 9.17) is 5.73 Å². The molecule has 0 radical (unpaired) electrons. The number of hydrogen-bond donors (Lipinski definition) is 3. The molecule has 19 heavy (non-hydrogen) atoms. The van der Waals surface area contributed by atoms with Crippen LogP contribution in [0.1, 0.15) is 55.3 Å². The predicted molar refractivity (Wildman–Crippen MR) is 77.5 cm³/mol. The SMILES string of the molecule is Nc1nsc(NC2CCCCC2)c1C(=O)NC1CC1. The van der Waals surface area contributed by atoms with E-state index in [1.54, 1.807) is 0 Å². The zero-order valence-electron chi connectivity index (χ0n) is 10.9. The molecule has 0 saturated heterocycles. The fraction of sp³-hybridized carbons (Fsp3) is 0.692. The molecule has 1 aromatic rings. The highest BCUT2D eigenvalue weighted by Gasteiger charge is 2.28. The summed E-state index contributed by atoms with van der Waals surface area (Å²) in [7, 11) is 0. The van der Waals surface area contributed by atoms with Gasteiger partial charge < -0.3 is 16.4 Å². The van der Waals surface area contributed by atoms with Crippen molar-refractivity contribution in [2.75, 3.05) is 11.1 Å². The van der Waals surface area contributed by atoms with Gasteiger partial charge in [0.05, 0.1) is 0 Å². The Balaban J connectivity index is 1.71. The van der Waals surface area contributed by atoms with Gasteiger partial charge in [0.15, 0.2) is 5.82 Å². The van der Waals surface area contributed by atoms with E-state index in [1.165, 1.54) is 43.6 Å². The van der Waals surface area contributed by atoms with E-state index in [9.17, 15) is 4.79 Å². The number of nitrogens with one attached hydrogen (secondary N) is 2. The van der Waals surface area contributed by atoms with Crippen LogP contribution in [0.4, 0.5) is 10.8 Å². The van der Waals surface area contributed by atoms with Crippen LogP contribution in [-0.2, 0) is 0 Å². The lowest BCUT2D eigenvalue weighted by molar-refractivity contribution is 0.0953. The number of nitrogen functional groups attached to an aromatic ring is 1. The average molecular weight is 280 g/mol. The Labute approximate surface area is 117 Å². The summed E-state index contributed by atoms with van der Waals surface area (Å²) in [4.78, 5) is 12.2. The van der Waals surface area contributed by atoms with Gasteiger partial charge in [-0.2, -0.15) is 4.37 Å². The fourth-order valence-electron chi connectivity index (χ4n) is 2.54. The quantitative estimate of drug-likeness (QED) is 0.791. The molecular weight excluding hydrogens is 260 g/mol. The first-order valence-electron chi connectivity index (χ1n) is 7.06. The van der Waals surface area contributed by atoms with Gasteiger partial charge in [-0.15, -0.1) is 0 Å². The summed E-state index contributed by atoms with van der Waals surface area (Å²) < 4.78 is 4.13. The minimum Gasteiger partial charge on any atom is -0.382 e. The van der Waals surface area contributed by atoms with Crippen molar-refractivity contribution in [3.8, 4) is 0 Å². The Hall–Kier alpha value is -1.30. The Morgan fingerprint density at radius 2 is 1.89 bits per heavy atom. The van der Waals surface area contributed by atoms with Crippen LogP contribution in [0.25, 0.3) is 0 Å². The monoisotopic (exact) mass is 280 g/mol. The molecule has 1 aromatic heterocycles. The normalized spacial score (nSPS) is 20.2. The number of carbonyl (C=O) groups is 1. The number of rotatable bonds is 4. The molecule has 0 aliphatic heterocycles. The lowest BCUT2D eigenvalue weighted by Crippen LogP contribution is -2.28. The third-order valence-corrected chi connectivity index (χ3v) is 4.59. The predicted octanol–water partition coefficient (Wildman–Crippen LogP) is 2.36. The molecular formula is C13H20N4OS. The van der Waals surface area contributed by atoms with E-state index in [2.05, 4.69) is 15.0 Å². The Morgan fingerprint density at radius 3 is 2.58 bits per heavy atom. The molecule has 5 nitrogen and oxygen atoms in total. The first-order chi connectivity index (χ1) is 9.24. The molecule has 2 saturated carbocycles. The zero-order valence-corrected chi connectivity index (χ0v) is 11.8. The largest absolute Gasteiger partial charge is 0.382 e. The van der Waals surface area contributed by atoms with Gasteiger partial charge in [0.2, 0.25) is 0 Å². The number of nitrogens with zero attached hydrogens (tertiary/aromatic N) is 1. The molecule has 2 aliphatic rings. The molecule has 0 spiro atoms. The standard InChI is InChI=1S/C13H20N4OS/c14-11-10(12(18)15-9-6-7-9)13(19-17-11)16-8-4-2-1-3-5-8/h8-9,16H,1-7H2,(H2,14,17)(H,15,18). The highest BCUT2D eigenvalue weighted by Crippen LogP contribution is 2.31. The van der Waals surface area contributed by atoms with Gasteiger partial charge in [-0.05, 0) is 37.2 Å². The van der Waals surface area contributed by atoms with Crippen molar-refractivity contribution >= 4 is 28.3 Å². The lowest BCUT2D eigenvalue weighted by Gasteiger charge is -2.23. The second-order valence-corrected chi connectivity index (χ2v) is 6.27. The van der Waals surface area contributed by atoms with E-state index in [0.29, 0.717) is 23.5 Å². The molecule has 4 N–H and O–H groups in total. The van der Waals surface area contributed by atoms with E-state index in [1.807, 2.05) is 0 Å². The average Bonchev–Trinajstić information content (AvgIpc) is 3.14.